The molecule has 0 N–H and O–H groups in total. The predicted octanol–water partition coefficient (Wildman–Crippen LogP) is 16.1. The summed E-state index contributed by atoms with van der Waals surface area (Å²) >= 11 is 0. The van der Waals surface area contributed by atoms with Crippen LogP contribution in [0.4, 0.5) is 17.1 Å². The molecule has 0 aliphatic carbocycles. The first-order valence-corrected chi connectivity index (χ1v) is 20.6. The molecule has 0 saturated heterocycles. The predicted molar refractivity (Wildman–Crippen MR) is 255 cm³/mol. The summed E-state index contributed by atoms with van der Waals surface area (Å²) in [5.74, 6) is 0. The van der Waals surface area contributed by atoms with Gasteiger partial charge in [-0.15, -0.1) is 0 Å². The highest BCUT2D eigenvalue weighted by molar-refractivity contribution is 6.09. The minimum absolute atomic E-state index is 1.08. The molecule has 0 radical (unpaired) electrons. The van der Waals surface area contributed by atoms with Gasteiger partial charge in [0.05, 0.1) is 16.7 Å². The van der Waals surface area contributed by atoms with Crippen molar-refractivity contribution in [2.75, 3.05) is 4.90 Å². The molecule has 0 saturated carbocycles. The quantitative estimate of drug-likeness (QED) is 0.150. The highest BCUT2D eigenvalue weighted by atomic mass is 15.1. The highest BCUT2D eigenvalue weighted by Gasteiger charge is 2.19. The molecule has 0 aliphatic rings. The van der Waals surface area contributed by atoms with Crippen LogP contribution in [-0.4, -0.2) is 4.57 Å². The largest absolute Gasteiger partial charge is 0.310 e. The Morgan fingerprint density at radius 2 is 0.817 bits per heavy atom. The van der Waals surface area contributed by atoms with Gasteiger partial charge < -0.3 is 9.47 Å². The molecule has 0 amide bonds. The fourth-order valence-corrected chi connectivity index (χ4v) is 9.04. The van der Waals surface area contributed by atoms with Gasteiger partial charge in [0.25, 0.3) is 0 Å². The molecule has 0 atom stereocenters. The number of fused-ring (bicyclic) bond motifs is 4. The molecule has 1 aromatic heterocycles. The van der Waals surface area contributed by atoms with E-state index in [0.29, 0.717) is 0 Å². The maximum atomic E-state index is 2.41. The van der Waals surface area contributed by atoms with Crippen molar-refractivity contribution < 1.29 is 0 Å². The molecule has 0 aliphatic heterocycles. The fourth-order valence-electron chi connectivity index (χ4n) is 9.04. The van der Waals surface area contributed by atoms with Gasteiger partial charge in [-0.2, -0.15) is 0 Å². The lowest BCUT2D eigenvalue weighted by atomic mass is 9.91. The van der Waals surface area contributed by atoms with Crippen LogP contribution in [0.15, 0.2) is 243 Å². The summed E-state index contributed by atoms with van der Waals surface area (Å²) < 4.78 is 2.39. The first-order chi connectivity index (χ1) is 29.8. The minimum atomic E-state index is 1.08. The van der Waals surface area contributed by atoms with Gasteiger partial charge in [-0.1, -0.05) is 188 Å². The summed E-state index contributed by atoms with van der Waals surface area (Å²) in [6, 6.07) is 87.8. The van der Waals surface area contributed by atoms with E-state index in [2.05, 4.69) is 252 Å². The Hall–Kier alpha value is -7.94. The van der Waals surface area contributed by atoms with Crippen molar-refractivity contribution in [1.82, 2.24) is 4.57 Å². The van der Waals surface area contributed by atoms with Crippen LogP contribution in [-0.2, 0) is 0 Å². The van der Waals surface area contributed by atoms with Gasteiger partial charge >= 0.3 is 0 Å². The Morgan fingerprint density at radius 3 is 1.52 bits per heavy atom. The molecule has 60 heavy (non-hydrogen) atoms. The zero-order chi connectivity index (χ0) is 39.8. The molecule has 0 bridgehead atoms. The zero-order valence-electron chi connectivity index (χ0n) is 33.0. The van der Waals surface area contributed by atoms with Gasteiger partial charge in [0.2, 0.25) is 0 Å². The van der Waals surface area contributed by atoms with Crippen LogP contribution in [0.5, 0.6) is 0 Å². The monoisotopic (exact) mass is 764 g/mol. The van der Waals surface area contributed by atoms with E-state index in [1.807, 2.05) is 0 Å². The molecule has 10 aromatic carbocycles. The second kappa shape index (κ2) is 15.1. The van der Waals surface area contributed by atoms with Crippen LogP contribution in [0.3, 0.4) is 0 Å². The molecule has 1 heterocycles. The summed E-state index contributed by atoms with van der Waals surface area (Å²) in [6.07, 6.45) is 0. The second-order valence-electron chi connectivity index (χ2n) is 15.3. The summed E-state index contributed by atoms with van der Waals surface area (Å²) in [5.41, 5.74) is 16.4. The molecule has 0 spiro atoms. The molecule has 2 heteroatoms. The Bertz CT molecular complexity index is 3250. The summed E-state index contributed by atoms with van der Waals surface area (Å²) in [4.78, 5) is 2.41. The first-order valence-electron chi connectivity index (χ1n) is 20.6. The molecular formula is C58H40N2. The standard InChI is InChI=1S/C58H40N2/c1-3-17-42(18-4-1)50-27-7-10-32-55(50)59(48-25-14-24-46(40-48)52-31-16-22-44-21-15-30-51(58(44)52)43-19-5-2-6-20-43)47-37-35-41(36-38-47)45-23-13-26-49(39-45)60-56-33-11-8-28-53(56)54-29-9-12-34-57(54)60/h1-40H. The number of nitrogens with zero attached hydrogens (tertiary/aromatic N) is 2. The number of hydrogen-bond acceptors (Lipinski definition) is 1. The van der Waals surface area contributed by atoms with Crippen LogP contribution < -0.4 is 4.90 Å². The maximum absolute atomic E-state index is 2.41. The molecule has 0 fully saturated rings. The summed E-state index contributed by atoms with van der Waals surface area (Å²) in [5, 5.41) is 5.01. The van der Waals surface area contributed by atoms with Gasteiger partial charge in [0.1, 0.15) is 0 Å². The Kier molecular flexibility index (Phi) is 8.87. The van der Waals surface area contributed by atoms with Gasteiger partial charge in [-0.3, -0.25) is 0 Å². The van der Waals surface area contributed by atoms with E-state index in [4.69, 9.17) is 0 Å². The third-order valence-corrected chi connectivity index (χ3v) is 11.8. The third kappa shape index (κ3) is 6.23. The van der Waals surface area contributed by atoms with Crippen molar-refractivity contribution in [2.24, 2.45) is 0 Å². The van der Waals surface area contributed by atoms with E-state index in [1.54, 1.807) is 0 Å². The van der Waals surface area contributed by atoms with Crippen LogP contribution in [0.2, 0.25) is 0 Å². The smallest absolute Gasteiger partial charge is 0.0541 e. The number of para-hydroxylation sites is 3. The van der Waals surface area contributed by atoms with E-state index in [1.165, 1.54) is 71.5 Å². The van der Waals surface area contributed by atoms with E-state index in [-0.39, 0.29) is 0 Å². The first kappa shape index (κ1) is 35.2. The van der Waals surface area contributed by atoms with E-state index in [0.717, 1.165) is 28.3 Å². The van der Waals surface area contributed by atoms with Gasteiger partial charge in [0, 0.05) is 33.4 Å². The molecule has 282 valence electrons. The number of aromatic nitrogens is 1. The van der Waals surface area contributed by atoms with Crippen molar-refractivity contribution in [3.63, 3.8) is 0 Å². The number of rotatable bonds is 8. The molecule has 11 aromatic rings. The lowest BCUT2D eigenvalue weighted by molar-refractivity contribution is 1.18. The van der Waals surface area contributed by atoms with Crippen molar-refractivity contribution in [2.45, 2.75) is 0 Å². The molecule has 11 rings (SSSR count). The SMILES string of the molecule is c1ccc(-c2ccccc2N(c2ccc(-c3cccc(-n4c5ccccc5c5ccccc54)c3)cc2)c2cccc(-c3cccc4cccc(-c5ccccc5)c34)c2)cc1. The lowest BCUT2D eigenvalue weighted by Gasteiger charge is -2.28. The molecule has 0 unspecified atom stereocenters. The van der Waals surface area contributed by atoms with Gasteiger partial charge in [-0.25, -0.2) is 0 Å². The number of anilines is 3. The van der Waals surface area contributed by atoms with Crippen molar-refractivity contribution >= 4 is 49.6 Å². The highest BCUT2D eigenvalue weighted by Crippen LogP contribution is 2.44. The molecule has 2 nitrogen and oxygen atoms in total. The third-order valence-electron chi connectivity index (χ3n) is 11.8. The average Bonchev–Trinajstić information content (AvgIpc) is 3.67. The van der Waals surface area contributed by atoms with E-state index < -0.39 is 0 Å². The minimum Gasteiger partial charge on any atom is -0.310 e. The van der Waals surface area contributed by atoms with Crippen molar-refractivity contribution in [3.05, 3.63) is 243 Å². The topological polar surface area (TPSA) is 8.17 Å². The van der Waals surface area contributed by atoms with Gasteiger partial charge in [0.15, 0.2) is 0 Å². The lowest BCUT2D eigenvalue weighted by Crippen LogP contribution is -2.11. The maximum Gasteiger partial charge on any atom is 0.0541 e. The van der Waals surface area contributed by atoms with Crippen LogP contribution in [0.25, 0.3) is 82.8 Å². The van der Waals surface area contributed by atoms with E-state index >= 15 is 0 Å². The zero-order valence-corrected chi connectivity index (χ0v) is 33.0. The Labute approximate surface area is 350 Å². The van der Waals surface area contributed by atoms with Crippen LogP contribution >= 0.6 is 0 Å². The fraction of sp³-hybridized carbons (Fsp3) is 0. The average molecular weight is 765 g/mol. The van der Waals surface area contributed by atoms with Gasteiger partial charge in [-0.05, 0) is 104 Å². The summed E-state index contributed by atoms with van der Waals surface area (Å²) in [6.45, 7) is 0. The normalized spacial score (nSPS) is 11.3. The van der Waals surface area contributed by atoms with Crippen LogP contribution in [0, 0.1) is 0 Å². The van der Waals surface area contributed by atoms with E-state index in [9.17, 15) is 0 Å². The number of benzene rings is 10. The van der Waals surface area contributed by atoms with Crippen molar-refractivity contribution in [1.29, 1.82) is 0 Å². The van der Waals surface area contributed by atoms with Crippen molar-refractivity contribution in [3.8, 4) is 50.2 Å². The second-order valence-corrected chi connectivity index (χ2v) is 15.3. The Balaban J connectivity index is 1.04. The Morgan fingerprint density at radius 1 is 0.300 bits per heavy atom. The summed E-state index contributed by atoms with van der Waals surface area (Å²) in [7, 11) is 0. The molecular weight excluding hydrogens is 725 g/mol. The van der Waals surface area contributed by atoms with Crippen LogP contribution in [0.1, 0.15) is 0 Å². The number of hydrogen-bond donors (Lipinski definition) is 0.